The quantitative estimate of drug-likeness (QED) is 0.553. The Kier molecular flexibility index (Phi) is 8.39. The van der Waals surface area contributed by atoms with Gasteiger partial charge < -0.3 is 25.6 Å². The van der Waals surface area contributed by atoms with Crippen LogP contribution in [-0.4, -0.2) is 69.6 Å². The number of amides is 3. The van der Waals surface area contributed by atoms with Gasteiger partial charge in [0.15, 0.2) is 0 Å². The van der Waals surface area contributed by atoms with Crippen molar-refractivity contribution < 1.29 is 19.1 Å². The molecule has 0 bridgehead atoms. The topological polar surface area (TPSA) is 103 Å². The summed E-state index contributed by atoms with van der Waals surface area (Å²) < 4.78 is 5.47. The van der Waals surface area contributed by atoms with E-state index in [1.54, 1.807) is 24.3 Å². The second-order valence-corrected chi connectivity index (χ2v) is 8.08. The number of nitrogens with one attached hydrogen (secondary N) is 3. The molecular weight excluding hydrogens is 422 g/mol. The lowest BCUT2D eigenvalue weighted by Gasteiger charge is -2.35. The van der Waals surface area contributed by atoms with Gasteiger partial charge in [0.2, 0.25) is 5.91 Å². The molecule has 1 unspecified atom stereocenters. The average Bonchev–Trinajstić information content (AvgIpc) is 2.80. The fraction of sp³-hybridized carbons (Fsp3) is 0.375. The van der Waals surface area contributed by atoms with E-state index >= 15 is 0 Å². The molecule has 0 radical (unpaired) electrons. The zero-order chi connectivity index (χ0) is 23.8. The van der Waals surface area contributed by atoms with Gasteiger partial charge in [0.1, 0.15) is 0 Å². The molecule has 9 heteroatoms. The lowest BCUT2D eigenvalue weighted by molar-refractivity contribution is -0.136. The van der Waals surface area contributed by atoms with Gasteiger partial charge in [0.05, 0.1) is 19.3 Å². The monoisotopic (exact) mass is 453 g/mol. The van der Waals surface area contributed by atoms with E-state index in [0.717, 1.165) is 24.3 Å². The summed E-state index contributed by atoms with van der Waals surface area (Å²) in [6, 6.07) is 14.7. The molecule has 0 aliphatic carbocycles. The van der Waals surface area contributed by atoms with Crippen LogP contribution in [-0.2, 0) is 19.1 Å². The molecule has 1 atom stereocenters. The Morgan fingerprint density at radius 3 is 2.21 bits per heavy atom. The Bertz CT molecular complexity index is 971. The molecule has 0 saturated carbocycles. The standard InChI is InChI=1S/C24H31N5O4/c1-17(30)26-19-5-4-6-20(15-19)27-24(32)23(31)25-16-22(29-11-13-33-14-12-29)18-7-9-21(10-8-18)28(2)3/h4-10,15,22H,11-14,16H2,1-3H3,(H,25,31)(H,26,30)(H,27,32). The van der Waals surface area contributed by atoms with Crippen LogP contribution in [0.25, 0.3) is 0 Å². The van der Waals surface area contributed by atoms with Crippen LogP contribution in [0.15, 0.2) is 48.5 Å². The summed E-state index contributed by atoms with van der Waals surface area (Å²) in [5, 5.41) is 7.99. The molecule has 9 nitrogen and oxygen atoms in total. The number of rotatable bonds is 7. The highest BCUT2D eigenvalue weighted by molar-refractivity contribution is 6.39. The number of carbonyl (C=O) groups is 3. The molecule has 1 aliphatic rings. The van der Waals surface area contributed by atoms with Crippen molar-refractivity contribution >= 4 is 34.8 Å². The van der Waals surface area contributed by atoms with E-state index in [4.69, 9.17) is 4.74 Å². The summed E-state index contributed by atoms with van der Waals surface area (Å²) in [6.07, 6.45) is 0. The van der Waals surface area contributed by atoms with Crippen LogP contribution in [0.5, 0.6) is 0 Å². The smallest absolute Gasteiger partial charge is 0.313 e. The molecular formula is C24H31N5O4. The first-order valence-corrected chi connectivity index (χ1v) is 10.9. The Hall–Kier alpha value is -3.43. The van der Waals surface area contributed by atoms with E-state index in [1.165, 1.54) is 6.92 Å². The normalized spacial score (nSPS) is 14.8. The second-order valence-electron chi connectivity index (χ2n) is 8.08. The maximum absolute atomic E-state index is 12.5. The van der Waals surface area contributed by atoms with Gasteiger partial charge in [-0.2, -0.15) is 0 Å². The fourth-order valence-electron chi connectivity index (χ4n) is 3.68. The predicted octanol–water partition coefficient (Wildman–Crippen LogP) is 1.84. The molecule has 2 aromatic rings. The maximum Gasteiger partial charge on any atom is 0.313 e. The van der Waals surface area contributed by atoms with Gasteiger partial charge in [-0.05, 0) is 35.9 Å². The van der Waals surface area contributed by atoms with Gasteiger partial charge in [-0.3, -0.25) is 19.3 Å². The number of anilines is 3. The molecule has 2 aromatic carbocycles. The third-order valence-corrected chi connectivity index (χ3v) is 5.38. The van der Waals surface area contributed by atoms with Gasteiger partial charge in [-0.25, -0.2) is 0 Å². The van der Waals surface area contributed by atoms with E-state index in [2.05, 4.69) is 33.0 Å². The van der Waals surface area contributed by atoms with Crippen molar-refractivity contribution in [3.63, 3.8) is 0 Å². The zero-order valence-electron chi connectivity index (χ0n) is 19.3. The average molecular weight is 454 g/mol. The molecule has 176 valence electrons. The minimum Gasteiger partial charge on any atom is -0.379 e. The van der Waals surface area contributed by atoms with Crippen LogP contribution < -0.4 is 20.9 Å². The van der Waals surface area contributed by atoms with Crippen molar-refractivity contribution in [1.82, 2.24) is 10.2 Å². The number of ether oxygens (including phenoxy) is 1. The van der Waals surface area contributed by atoms with Crippen LogP contribution in [0.1, 0.15) is 18.5 Å². The highest BCUT2D eigenvalue weighted by Crippen LogP contribution is 2.24. The molecule has 3 amide bonds. The van der Waals surface area contributed by atoms with Gasteiger partial charge in [0.25, 0.3) is 0 Å². The van der Waals surface area contributed by atoms with Gasteiger partial charge >= 0.3 is 11.8 Å². The molecule has 1 heterocycles. The summed E-state index contributed by atoms with van der Waals surface area (Å²) in [5.74, 6) is -1.70. The number of morpholine rings is 1. The predicted molar refractivity (Wildman–Crippen MR) is 128 cm³/mol. The summed E-state index contributed by atoms with van der Waals surface area (Å²) in [6.45, 7) is 4.45. The largest absolute Gasteiger partial charge is 0.379 e. The van der Waals surface area contributed by atoms with Crippen LogP contribution in [0, 0.1) is 0 Å². The molecule has 3 N–H and O–H groups in total. The van der Waals surface area contributed by atoms with Crippen molar-refractivity contribution in [3.05, 3.63) is 54.1 Å². The first kappa shape index (κ1) is 24.2. The molecule has 0 aromatic heterocycles. The molecule has 1 saturated heterocycles. The van der Waals surface area contributed by atoms with E-state index in [-0.39, 0.29) is 11.9 Å². The zero-order valence-corrected chi connectivity index (χ0v) is 19.3. The Labute approximate surface area is 194 Å². The minimum atomic E-state index is -0.765. The lowest BCUT2D eigenvalue weighted by atomic mass is 10.0. The number of carbonyl (C=O) groups excluding carboxylic acids is 3. The molecule has 33 heavy (non-hydrogen) atoms. The molecule has 0 spiro atoms. The lowest BCUT2D eigenvalue weighted by Crippen LogP contribution is -2.45. The van der Waals surface area contributed by atoms with Crippen LogP contribution >= 0.6 is 0 Å². The SMILES string of the molecule is CC(=O)Nc1cccc(NC(=O)C(=O)NCC(c2ccc(N(C)C)cc2)N2CCOCC2)c1. The van der Waals surface area contributed by atoms with Crippen LogP contribution in [0.4, 0.5) is 17.1 Å². The summed E-state index contributed by atoms with van der Waals surface area (Å²) >= 11 is 0. The van der Waals surface area contributed by atoms with Crippen LogP contribution in [0.3, 0.4) is 0 Å². The van der Waals surface area contributed by atoms with E-state index in [9.17, 15) is 14.4 Å². The van der Waals surface area contributed by atoms with Crippen molar-refractivity contribution in [3.8, 4) is 0 Å². The minimum absolute atomic E-state index is 0.0787. The van der Waals surface area contributed by atoms with Crippen molar-refractivity contribution in [2.75, 3.05) is 62.5 Å². The fourth-order valence-corrected chi connectivity index (χ4v) is 3.68. The summed E-state index contributed by atoms with van der Waals surface area (Å²) in [7, 11) is 3.97. The molecule has 3 rings (SSSR count). The van der Waals surface area contributed by atoms with Crippen molar-refractivity contribution in [2.45, 2.75) is 13.0 Å². The first-order chi connectivity index (χ1) is 15.8. The highest BCUT2D eigenvalue weighted by Gasteiger charge is 2.24. The van der Waals surface area contributed by atoms with E-state index < -0.39 is 11.8 Å². The molecule has 1 fully saturated rings. The maximum atomic E-state index is 12.5. The van der Waals surface area contributed by atoms with Crippen molar-refractivity contribution in [2.24, 2.45) is 0 Å². The van der Waals surface area contributed by atoms with Crippen LogP contribution in [0.2, 0.25) is 0 Å². The third-order valence-electron chi connectivity index (χ3n) is 5.38. The van der Waals surface area contributed by atoms with Gasteiger partial charge in [-0.15, -0.1) is 0 Å². The summed E-state index contributed by atoms with van der Waals surface area (Å²) in [4.78, 5) is 40.5. The Balaban J connectivity index is 1.64. The second kappa shape index (κ2) is 11.4. The van der Waals surface area contributed by atoms with Gasteiger partial charge in [-0.1, -0.05) is 18.2 Å². The highest BCUT2D eigenvalue weighted by atomic mass is 16.5. The third kappa shape index (κ3) is 7.03. The number of benzene rings is 2. The van der Waals surface area contributed by atoms with E-state index in [0.29, 0.717) is 31.1 Å². The van der Waals surface area contributed by atoms with Crippen molar-refractivity contribution in [1.29, 1.82) is 0 Å². The van der Waals surface area contributed by atoms with Gasteiger partial charge in [0, 0.05) is 57.7 Å². The Morgan fingerprint density at radius 1 is 0.970 bits per heavy atom. The number of nitrogens with zero attached hydrogens (tertiary/aromatic N) is 2. The Morgan fingerprint density at radius 2 is 1.61 bits per heavy atom. The first-order valence-electron chi connectivity index (χ1n) is 10.9. The summed E-state index contributed by atoms with van der Waals surface area (Å²) in [5.41, 5.74) is 3.11. The number of hydrogen-bond donors (Lipinski definition) is 3. The van der Waals surface area contributed by atoms with E-state index in [1.807, 2.05) is 31.1 Å². The number of hydrogen-bond acceptors (Lipinski definition) is 6. The molecule has 1 aliphatic heterocycles.